The van der Waals surface area contributed by atoms with Gasteiger partial charge in [0.1, 0.15) is 6.07 Å². The molecule has 0 aliphatic carbocycles. The first-order valence-electron chi connectivity index (χ1n) is 4.24. The Labute approximate surface area is 81.2 Å². The highest BCUT2D eigenvalue weighted by Crippen LogP contribution is 2.08. The van der Waals surface area contributed by atoms with Gasteiger partial charge in [0.15, 0.2) is 5.69 Å². The van der Waals surface area contributed by atoms with Crippen molar-refractivity contribution >= 4 is 0 Å². The molecule has 1 aromatic carbocycles. The molecule has 0 bridgehead atoms. The van der Waals surface area contributed by atoms with E-state index in [4.69, 9.17) is 5.26 Å². The molecule has 1 N–H and O–H groups in total. The molecule has 2 aromatic rings. The van der Waals surface area contributed by atoms with E-state index in [1.807, 2.05) is 36.4 Å². The van der Waals surface area contributed by atoms with Crippen LogP contribution in [-0.2, 0) is 6.42 Å². The average Bonchev–Trinajstić information content (AvgIpc) is 2.67. The van der Waals surface area contributed by atoms with Crippen LogP contribution in [0.1, 0.15) is 17.0 Å². The lowest BCUT2D eigenvalue weighted by Crippen LogP contribution is -1.91. The van der Waals surface area contributed by atoms with Gasteiger partial charge >= 0.3 is 0 Å². The van der Waals surface area contributed by atoms with Gasteiger partial charge < -0.3 is 0 Å². The zero-order valence-electron chi connectivity index (χ0n) is 7.44. The minimum absolute atomic E-state index is 0.369. The minimum atomic E-state index is 0.369. The molecule has 0 unspecified atom stereocenters. The summed E-state index contributed by atoms with van der Waals surface area (Å²) in [6.45, 7) is 0. The molecule has 0 aliphatic rings. The second-order valence-electron chi connectivity index (χ2n) is 2.91. The van der Waals surface area contributed by atoms with Crippen LogP contribution < -0.4 is 0 Å². The van der Waals surface area contributed by atoms with Crippen LogP contribution in [-0.4, -0.2) is 15.4 Å². The summed E-state index contributed by atoms with van der Waals surface area (Å²) in [6, 6.07) is 11.9. The van der Waals surface area contributed by atoms with Crippen LogP contribution in [0, 0.1) is 11.3 Å². The number of nitrogens with one attached hydrogen (secondary N) is 1. The van der Waals surface area contributed by atoms with Crippen molar-refractivity contribution in [3.8, 4) is 6.07 Å². The normalized spacial score (nSPS) is 9.64. The Morgan fingerprint density at radius 1 is 1.29 bits per heavy atom. The predicted molar refractivity (Wildman–Crippen MR) is 50.3 cm³/mol. The molecule has 0 saturated carbocycles. The van der Waals surface area contributed by atoms with Crippen LogP contribution in [0.5, 0.6) is 0 Å². The fraction of sp³-hybridized carbons (Fsp3) is 0.100. The number of nitriles is 1. The quantitative estimate of drug-likeness (QED) is 0.764. The zero-order chi connectivity index (χ0) is 9.80. The standard InChI is InChI=1S/C10H8N4/c11-7-10-9(12-14-13-10)6-8-4-2-1-3-5-8/h1-5H,6H2,(H,12,13,14). The predicted octanol–water partition coefficient (Wildman–Crippen LogP) is 1.27. The molecule has 4 heteroatoms. The highest BCUT2D eigenvalue weighted by atomic mass is 15.3. The van der Waals surface area contributed by atoms with Crippen LogP contribution >= 0.6 is 0 Å². The fourth-order valence-electron chi connectivity index (χ4n) is 1.26. The Morgan fingerprint density at radius 3 is 2.79 bits per heavy atom. The largest absolute Gasteiger partial charge is 0.261 e. The number of nitrogens with zero attached hydrogens (tertiary/aromatic N) is 3. The summed E-state index contributed by atoms with van der Waals surface area (Å²) in [5.74, 6) is 0. The summed E-state index contributed by atoms with van der Waals surface area (Å²) in [4.78, 5) is 0. The highest BCUT2D eigenvalue weighted by Gasteiger charge is 2.05. The number of aromatic nitrogens is 3. The molecule has 2 rings (SSSR count). The van der Waals surface area contributed by atoms with Crippen molar-refractivity contribution < 1.29 is 0 Å². The van der Waals surface area contributed by atoms with E-state index in [9.17, 15) is 0 Å². The minimum Gasteiger partial charge on any atom is -0.261 e. The van der Waals surface area contributed by atoms with Crippen LogP contribution in [0.2, 0.25) is 0 Å². The maximum Gasteiger partial charge on any atom is 0.185 e. The summed E-state index contributed by atoms with van der Waals surface area (Å²) in [5.41, 5.74) is 2.27. The van der Waals surface area contributed by atoms with Crippen molar-refractivity contribution in [3.05, 3.63) is 47.3 Å². The van der Waals surface area contributed by atoms with Crippen molar-refractivity contribution in [2.24, 2.45) is 0 Å². The third kappa shape index (κ3) is 1.62. The van der Waals surface area contributed by atoms with Gasteiger partial charge in [0.05, 0.1) is 5.69 Å². The van der Waals surface area contributed by atoms with Gasteiger partial charge in [-0.15, -0.1) is 5.10 Å². The monoisotopic (exact) mass is 184 g/mol. The molecule has 0 spiro atoms. The molecule has 14 heavy (non-hydrogen) atoms. The molecular formula is C10H8N4. The number of rotatable bonds is 2. The van der Waals surface area contributed by atoms with Crippen molar-refractivity contribution in [2.75, 3.05) is 0 Å². The van der Waals surface area contributed by atoms with Crippen molar-refractivity contribution in [3.63, 3.8) is 0 Å². The van der Waals surface area contributed by atoms with E-state index in [0.717, 1.165) is 11.3 Å². The summed E-state index contributed by atoms with van der Waals surface area (Å²) in [5, 5.41) is 18.7. The third-order valence-electron chi connectivity index (χ3n) is 1.95. The molecular weight excluding hydrogens is 176 g/mol. The molecule has 1 aromatic heterocycles. The van der Waals surface area contributed by atoms with Crippen molar-refractivity contribution in [2.45, 2.75) is 6.42 Å². The SMILES string of the molecule is N#Cc1nn[nH]c1Cc1ccccc1. The molecule has 1 heterocycles. The molecule has 4 nitrogen and oxygen atoms in total. The van der Waals surface area contributed by atoms with Gasteiger partial charge in [0.2, 0.25) is 0 Å². The van der Waals surface area contributed by atoms with Crippen LogP contribution in [0.25, 0.3) is 0 Å². The Morgan fingerprint density at radius 2 is 2.07 bits per heavy atom. The molecule has 0 atom stereocenters. The van der Waals surface area contributed by atoms with Crippen LogP contribution in [0.15, 0.2) is 30.3 Å². The molecule has 0 radical (unpaired) electrons. The van der Waals surface area contributed by atoms with Gasteiger partial charge in [0.25, 0.3) is 0 Å². The number of H-pyrrole nitrogens is 1. The van der Waals surface area contributed by atoms with Gasteiger partial charge in [-0.3, -0.25) is 5.10 Å². The number of hydrogen-bond donors (Lipinski definition) is 1. The van der Waals surface area contributed by atoms with Crippen molar-refractivity contribution in [1.29, 1.82) is 5.26 Å². The van der Waals surface area contributed by atoms with Gasteiger partial charge in [-0.25, -0.2) is 0 Å². The highest BCUT2D eigenvalue weighted by molar-refractivity contribution is 5.29. The lowest BCUT2D eigenvalue weighted by Gasteiger charge is -1.96. The molecule has 0 fully saturated rings. The van der Waals surface area contributed by atoms with Gasteiger partial charge in [-0.1, -0.05) is 35.5 Å². The van der Waals surface area contributed by atoms with E-state index >= 15 is 0 Å². The molecule has 0 amide bonds. The summed E-state index contributed by atoms with van der Waals surface area (Å²) < 4.78 is 0. The van der Waals surface area contributed by atoms with E-state index in [1.165, 1.54) is 0 Å². The zero-order valence-corrected chi connectivity index (χ0v) is 7.44. The lowest BCUT2D eigenvalue weighted by atomic mass is 10.1. The third-order valence-corrected chi connectivity index (χ3v) is 1.95. The van der Waals surface area contributed by atoms with Crippen LogP contribution in [0.4, 0.5) is 0 Å². The Hall–Kier alpha value is -2.15. The van der Waals surface area contributed by atoms with E-state index in [1.54, 1.807) is 0 Å². The molecule has 0 aliphatic heterocycles. The first-order valence-corrected chi connectivity index (χ1v) is 4.24. The van der Waals surface area contributed by atoms with Gasteiger partial charge in [0, 0.05) is 6.42 Å². The number of aromatic amines is 1. The maximum absolute atomic E-state index is 8.71. The number of benzene rings is 1. The van der Waals surface area contributed by atoms with Crippen LogP contribution in [0.3, 0.4) is 0 Å². The smallest absolute Gasteiger partial charge is 0.185 e. The Bertz CT molecular complexity index is 452. The van der Waals surface area contributed by atoms with E-state index in [2.05, 4.69) is 15.4 Å². The first kappa shape index (κ1) is 8.45. The second kappa shape index (κ2) is 3.71. The summed E-state index contributed by atoms with van der Waals surface area (Å²) >= 11 is 0. The molecule has 0 saturated heterocycles. The summed E-state index contributed by atoms with van der Waals surface area (Å²) in [6.07, 6.45) is 0.663. The van der Waals surface area contributed by atoms with E-state index < -0.39 is 0 Å². The Kier molecular flexibility index (Phi) is 2.24. The van der Waals surface area contributed by atoms with E-state index in [0.29, 0.717) is 12.1 Å². The average molecular weight is 184 g/mol. The fourth-order valence-corrected chi connectivity index (χ4v) is 1.26. The number of hydrogen-bond acceptors (Lipinski definition) is 3. The Balaban J connectivity index is 2.24. The second-order valence-corrected chi connectivity index (χ2v) is 2.91. The maximum atomic E-state index is 8.71. The first-order chi connectivity index (χ1) is 6.90. The summed E-state index contributed by atoms with van der Waals surface area (Å²) in [7, 11) is 0. The van der Waals surface area contributed by atoms with E-state index in [-0.39, 0.29) is 0 Å². The lowest BCUT2D eigenvalue weighted by molar-refractivity contribution is 0.914. The van der Waals surface area contributed by atoms with Gasteiger partial charge in [-0.05, 0) is 5.56 Å². The van der Waals surface area contributed by atoms with Gasteiger partial charge in [-0.2, -0.15) is 5.26 Å². The topological polar surface area (TPSA) is 65.4 Å². The van der Waals surface area contributed by atoms with Crippen molar-refractivity contribution in [1.82, 2.24) is 15.4 Å². The molecule has 68 valence electrons.